The summed E-state index contributed by atoms with van der Waals surface area (Å²) in [6.07, 6.45) is 1.91. The highest BCUT2D eigenvalue weighted by molar-refractivity contribution is 7.11. The highest BCUT2D eigenvalue weighted by Crippen LogP contribution is 2.12. The molecule has 74 valence electrons. The van der Waals surface area contributed by atoms with Gasteiger partial charge in [0.2, 0.25) is 0 Å². The molecule has 0 spiro atoms. The summed E-state index contributed by atoms with van der Waals surface area (Å²) in [4.78, 5) is 0. The predicted molar refractivity (Wildman–Crippen MR) is 52.6 cm³/mol. The molecule has 1 rings (SSSR count). The fourth-order valence-corrected chi connectivity index (χ4v) is 1.71. The van der Waals surface area contributed by atoms with E-state index in [2.05, 4.69) is 10.2 Å². The average molecular weight is 201 g/mol. The number of nitrogens with two attached hydrogens (primary N) is 1. The number of ether oxygens (including phenoxy) is 1. The largest absolute Gasteiger partial charge is 0.374 e. The van der Waals surface area contributed by atoms with E-state index in [9.17, 15) is 0 Å². The lowest BCUT2D eigenvalue weighted by Crippen LogP contribution is -1.99. The van der Waals surface area contributed by atoms with Crippen LogP contribution in [0, 0.1) is 0 Å². The molecule has 2 N–H and O–H groups in total. The maximum absolute atomic E-state index is 5.40. The number of hydrogen-bond acceptors (Lipinski definition) is 5. The van der Waals surface area contributed by atoms with Crippen molar-refractivity contribution in [2.75, 3.05) is 13.2 Å². The Morgan fingerprint density at radius 1 is 1.38 bits per heavy atom. The predicted octanol–water partition coefficient (Wildman–Crippen LogP) is 0.966. The van der Waals surface area contributed by atoms with Crippen LogP contribution in [-0.2, 0) is 17.8 Å². The third-order valence-corrected chi connectivity index (χ3v) is 2.49. The number of hydrogen-bond donors (Lipinski definition) is 1. The Balaban J connectivity index is 2.34. The van der Waals surface area contributed by atoms with Gasteiger partial charge in [0.15, 0.2) is 0 Å². The summed E-state index contributed by atoms with van der Waals surface area (Å²) in [5.74, 6) is 0. The molecular weight excluding hydrogens is 186 g/mol. The van der Waals surface area contributed by atoms with Crippen LogP contribution in [0.4, 0.5) is 0 Å². The van der Waals surface area contributed by atoms with Crippen molar-refractivity contribution < 1.29 is 4.74 Å². The van der Waals surface area contributed by atoms with E-state index in [1.54, 1.807) is 11.3 Å². The van der Waals surface area contributed by atoms with Gasteiger partial charge in [-0.25, -0.2) is 0 Å². The summed E-state index contributed by atoms with van der Waals surface area (Å²) in [5.41, 5.74) is 5.40. The average Bonchev–Trinajstić information content (AvgIpc) is 2.59. The third kappa shape index (κ3) is 3.80. The molecule has 0 aromatic carbocycles. The molecule has 0 unspecified atom stereocenters. The fourth-order valence-electron chi connectivity index (χ4n) is 0.890. The zero-order chi connectivity index (χ0) is 9.52. The van der Waals surface area contributed by atoms with Gasteiger partial charge in [-0.1, -0.05) is 11.3 Å². The van der Waals surface area contributed by atoms with Crippen molar-refractivity contribution in [1.29, 1.82) is 0 Å². The third-order valence-electron chi connectivity index (χ3n) is 1.53. The van der Waals surface area contributed by atoms with Crippen LogP contribution < -0.4 is 5.73 Å². The van der Waals surface area contributed by atoms with Crippen LogP contribution in [0.1, 0.15) is 23.4 Å². The molecule has 0 aliphatic carbocycles. The number of rotatable bonds is 6. The molecule has 0 aliphatic heterocycles. The van der Waals surface area contributed by atoms with Crippen molar-refractivity contribution in [1.82, 2.24) is 10.2 Å². The van der Waals surface area contributed by atoms with Crippen molar-refractivity contribution in [3.63, 3.8) is 0 Å². The first-order valence-electron chi connectivity index (χ1n) is 4.46. The molecular formula is C8H15N3OS. The molecule has 1 aromatic heterocycles. The maximum Gasteiger partial charge on any atom is 0.143 e. The molecule has 0 radical (unpaired) electrons. The summed E-state index contributed by atoms with van der Waals surface area (Å²) in [5, 5.41) is 10.1. The molecule has 0 aliphatic rings. The topological polar surface area (TPSA) is 61.0 Å². The second kappa shape index (κ2) is 6.01. The Morgan fingerprint density at radius 2 is 2.15 bits per heavy atom. The zero-order valence-electron chi connectivity index (χ0n) is 7.82. The molecule has 13 heavy (non-hydrogen) atoms. The Morgan fingerprint density at radius 3 is 2.85 bits per heavy atom. The first-order chi connectivity index (χ1) is 6.36. The standard InChI is InChI=1S/C8H15N3OS/c1-2-12-6-8-11-10-7(13-8)4-3-5-9/h2-6,9H2,1H3. The summed E-state index contributed by atoms with van der Waals surface area (Å²) in [6.45, 7) is 3.98. The minimum atomic E-state index is 0.580. The lowest BCUT2D eigenvalue weighted by molar-refractivity contribution is 0.133. The Hall–Kier alpha value is -0.520. The zero-order valence-corrected chi connectivity index (χ0v) is 8.64. The smallest absolute Gasteiger partial charge is 0.143 e. The van der Waals surface area contributed by atoms with Crippen molar-refractivity contribution in [3.05, 3.63) is 10.0 Å². The number of aromatic nitrogens is 2. The van der Waals surface area contributed by atoms with Crippen molar-refractivity contribution in [2.24, 2.45) is 5.73 Å². The van der Waals surface area contributed by atoms with Gasteiger partial charge < -0.3 is 10.5 Å². The first kappa shape index (κ1) is 10.6. The molecule has 0 saturated carbocycles. The van der Waals surface area contributed by atoms with E-state index in [0.29, 0.717) is 13.2 Å². The quantitative estimate of drug-likeness (QED) is 0.745. The second-order valence-corrected chi connectivity index (χ2v) is 3.77. The van der Waals surface area contributed by atoms with Crippen LogP contribution in [0.15, 0.2) is 0 Å². The summed E-state index contributed by atoms with van der Waals surface area (Å²) >= 11 is 1.61. The summed E-state index contributed by atoms with van der Waals surface area (Å²) in [6, 6.07) is 0. The van der Waals surface area contributed by atoms with Crippen LogP contribution in [0.5, 0.6) is 0 Å². The van der Waals surface area contributed by atoms with Gasteiger partial charge in [-0.05, 0) is 19.9 Å². The monoisotopic (exact) mass is 201 g/mol. The second-order valence-electron chi connectivity index (χ2n) is 2.62. The molecule has 1 heterocycles. The van der Waals surface area contributed by atoms with Gasteiger partial charge in [0.1, 0.15) is 16.6 Å². The Bertz CT molecular complexity index is 217. The minimum Gasteiger partial charge on any atom is -0.374 e. The van der Waals surface area contributed by atoms with Gasteiger partial charge in [0.05, 0.1) is 0 Å². The molecule has 1 aromatic rings. The van der Waals surface area contributed by atoms with Gasteiger partial charge >= 0.3 is 0 Å². The molecule has 4 nitrogen and oxygen atoms in total. The lowest BCUT2D eigenvalue weighted by Gasteiger charge is -1.93. The molecule has 5 heteroatoms. The molecule has 0 bridgehead atoms. The molecule has 0 amide bonds. The van der Waals surface area contributed by atoms with Crippen molar-refractivity contribution >= 4 is 11.3 Å². The van der Waals surface area contributed by atoms with Gasteiger partial charge in [0.25, 0.3) is 0 Å². The van der Waals surface area contributed by atoms with E-state index >= 15 is 0 Å². The van der Waals surface area contributed by atoms with E-state index in [1.165, 1.54) is 0 Å². The van der Waals surface area contributed by atoms with Crippen molar-refractivity contribution in [2.45, 2.75) is 26.4 Å². The first-order valence-corrected chi connectivity index (χ1v) is 5.27. The highest BCUT2D eigenvalue weighted by atomic mass is 32.1. The number of aryl methyl sites for hydroxylation is 1. The van der Waals surface area contributed by atoms with Crippen molar-refractivity contribution in [3.8, 4) is 0 Å². The fraction of sp³-hybridized carbons (Fsp3) is 0.750. The number of nitrogens with zero attached hydrogens (tertiary/aromatic N) is 2. The Labute approximate surface area is 82.1 Å². The normalized spacial score (nSPS) is 10.6. The SMILES string of the molecule is CCOCc1nnc(CCCN)s1. The lowest BCUT2D eigenvalue weighted by atomic mass is 10.3. The molecule has 0 fully saturated rings. The van der Waals surface area contributed by atoms with Crippen LogP contribution in [0.2, 0.25) is 0 Å². The highest BCUT2D eigenvalue weighted by Gasteiger charge is 2.02. The van der Waals surface area contributed by atoms with Crippen LogP contribution in [-0.4, -0.2) is 23.3 Å². The van der Waals surface area contributed by atoms with E-state index in [4.69, 9.17) is 10.5 Å². The van der Waals surface area contributed by atoms with Crippen LogP contribution in [0.25, 0.3) is 0 Å². The van der Waals surface area contributed by atoms with Crippen LogP contribution in [0.3, 0.4) is 0 Å². The van der Waals surface area contributed by atoms with Crippen LogP contribution >= 0.6 is 11.3 Å². The van der Waals surface area contributed by atoms with Gasteiger partial charge in [0, 0.05) is 13.0 Å². The van der Waals surface area contributed by atoms with Gasteiger partial charge in [-0.2, -0.15) is 0 Å². The van der Waals surface area contributed by atoms with Gasteiger partial charge in [-0.3, -0.25) is 0 Å². The van der Waals surface area contributed by atoms with E-state index in [-0.39, 0.29) is 0 Å². The van der Waals surface area contributed by atoms with E-state index < -0.39 is 0 Å². The Kier molecular flexibility index (Phi) is 4.88. The molecule has 0 saturated heterocycles. The maximum atomic E-state index is 5.40. The van der Waals surface area contributed by atoms with Gasteiger partial charge in [-0.15, -0.1) is 10.2 Å². The summed E-state index contributed by atoms with van der Waals surface area (Å²) in [7, 11) is 0. The molecule has 0 atom stereocenters. The van der Waals surface area contributed by atoms with E-state index in [1.807, 2.05) is 6.92 Å². The van der Waals surface area contributed by atoms with E-state index in [0.717, 1.165) is 29.5 Å². The summed E-state index contributed by atoms with van der Waals surface area (Å²) < 4.78 is 5.22. The minimum absolute atomic E-state index is 0.580.